The Morgan fingerprint density at radius 3 is 2.71 bits per heavy atom. The molecular weight excluding hydrogens is 264 g/mol. The fourth-order valence-electron chi connectivity index (χ4n) is 0.871. The van der Waals surface area contributed by atoms with Crippen molar-refractivity contribution in [2.75, 3.05) is 31.1 Å². The molecule has 0 spiro atoms. The van der Waals surface area contributed by atoms with Crippen molar-refractivity contribution in [3.05, 3.63) is 17.1 Å². The highest BCUT2D eigenvalue weighted by Crippen LogP contribution is 2.33. The zero-order chi connectivity index (χ0) is 10.6. The SMILES string of the molecule is CS(C)(C)CCOCn1cncc1Br. The van der Waals surface area contributed by atoms with Crippen molar-refractivity contribution in [3.8, 4) is 0 Å². The average molecular weight is 281 g/mol. The van der Waals surface area contributed by atoms with Gasteiger partial charge in [0.05, 0.1) is 19.1 Å². The van der Waals surface area contributed by atoms with Crippen molar-refractivity contribution in [2.24, 2.45) is 0 Å². The van der Waals surface area contributed by atoms with E-state index in [1.54, 1.807) is 12.5 Å². The third-order valence-electron chi connectivity index (χ3n) is 1.73. The van der Waals surface area contributed by atoms with Crippen LogP contribution in [-0.4, -0.2) is 40.7 Å². The van der Waals surface area contributed by atoms with Gasteiger partial charge in [-0.05, 0) is 34.7 Å². The summed E-state index contributed by atoms with van der Waals surface area (Å²) < 4.78 is 8.44. The van der Waals surface area contributed by atoms with E-state index < -0.39 is 10.0 Å². The van der Waals surface area contributed by atoms with E-state index in [0.717, 1.165) is 17.0 Å². The molecule has 0 atom stereocenters. The van der Waals surface area contributed by atoms with E-state index in [9.17, 15) is 0 Å². The standard InChI is InChI=1S/C9H17BrN2OS/c1-14(2,3)5-4-13-8-12-7-11-6-9(12)10/h6-7H,4-5,8H2,1-3H3. The zero-order valence-corrected chi connectivity index (χ0v) is 11.3. The third-order valence-corrected chi connectivity index (χ3v) is 3.78. The Morgan fingerprint density at radius 1 is 1.50 bits per heavy atom. The predicted octanol–water partition coefficient (Wildman–Crippen LogP) is 2.31. The molecule has 0 bridgehead atoms. The van der Waals surface area contributed by atoms with Gasteiger partial charge in [-0.3, -0.25) is 0 Å². The quantitative estimate of drug-likeness (QED) is 0.774. The summed E-state index contributed by atoms with van der Waals surface area (Å²) in [5.41, 5.74) is 0. The van der Waals surface area contributed by atoms with Crippen LogP contribution >= 0.6 is 26.0 Å². The first-order chi connectivity index (χ1) is 6.49. The molecule has 1 aromatic rings. The van der Waals surface area contributed by atoms with Crippen LogP contribution in [0, 0.1) is 0 Å². The minimum Gasteiger partial charge on any atom is -0.360 e. The number of rotatable bonds is 5. The number of nitrogens with zero attached hydrogens (tertiary/aromatic N) is 2. The van der Waals surface area contributed by atoms with Crippen LogP contribution in [0.1, 0.15) is 0 Å². The highest BCUT2D eigenvalue weighted by Gasteiger charge is 2.03. The lowest BCUT2D eigenvalue weighted by molar-refractivity contribution is 0.0882. The number of hydrogen-bond acceptors (Lipinski definition) is 2. The molecular formula is C9H17BrN2OS. The lowest BCUT2D eigenvalue weighted by atomic mass is 10.8. The largest absolute Gasteiger partial charge is 0.360 e. The average Bonchev–Trinajstić information content (AvgIpc) is 2.44. The Labute approximate surface area is 95.3 Å². The molecule has 0 radical (unpaired) electrons. The monoisotopic (exact) mass is 280 g/mol. The second-order valence-electron chi connectivity index (χ2n) is 4.02. The van der Waals surface area contributed by atoms with E-state index in [2.05, 4.69) is 39.7 Å². The summed E-state index contributed by atoms with van der Waals surface area (Å²) in [5.74, 6) is 1.15. The minimum atomic E-state index is -0.437. The Balaban J connectivity index is 2.20. The fraction of sp³-hybridized carbons (Fsp3) is 0.667. The first-order valence-corrected chi connectivity index (χ1v) is 8.20. The van der Waals surface area contributed by atoms with Gasteiger partial charge in [0, 0.05) is 5.75 Å². The van der Waals surface area contributed by atoms with Crippen molar-refractivity contribution < 1.29 is 4.74 Å². The molecule has 82 valence electrons. The summed E-state index contributed by atoms with van der Waals surface area (Å²) in [6.45, 7) is 1.40. The number of aromatic nitrogens is 2. The lowest BCUT2D eigenvalue weighted by Gasteiger charge is -2.24. The van der Waals surface area contributed by atoms with Gasteiger partial charge in [0.1, 0.15) is 11.3 Å². The normalized spacial score (nSPS) is 13.1. The Bertz CT molecular complexity index is 283. The molecule has 0 saturated carbocycles. The maximum atomic E-state index is 5.55. The van der Waals surface area contributed by atoms with Gasteiger partial charge < -0.3 is 9.30 Å². The van der Waals surface area contributed by atoms with Crippen LogP contribution in [0.2, 0.25) is 0 Å². The maximum absolute atomic E-state index is 5.55. The second-order valence-corrected chi connectivity index (χ2v) is 9.42. The number of halogens is 1. The Hall–Kier alpha value is -0.0000000000000000555. The van der Waals surface area contributed by atoms with Gasteiger partial charge in [-0.1, -0.05) is 0 Å². The number of hydrogen-bond donors (Lipinski definition) is 0. The minimum absolute atomic E-state index is 0.437. The highest BCUT2D eigenvalue weighted by molar-refractivity contribution is 9.10. The first kappa shape index (κ1) is 12.1. The molecule has 0 unspecified atom stereocenters. The molecule has 1 rings (SSSR count). The molecule has 0 fully saturated rings. The Kier molecular flexibility index (Phi) is 4.47. The molecule has 0 aromatic carbocycles. The van der Waals surface area contributed by atoms with E-state index in [-0.39, 0.29) is 0 Å². The highest BCUT2D eigenvalue weighted by atomic mass is 79.9. The Morgan fingerprint density at radius 2 is 2.21 bits per heavy atom. The van der Waals surface area contributed by atoms with Crippen LogP contribution in [0.5, 0.6) is 0 Å². The second kappa shape index (κ2) is 5.19. The van der Waals surface area contributed by atoms with Crippen LogP contribution in [0.4, 0.5) is 0 Å². The smallest absolute Gasteiger partial charge is 0.124 e. The zero-order valence-electron chi connectivity index (χ0n) is 8.86. The van der Waals surface area contributed by atoms with Crippen LogP contribution in [0.15, 0.2) is 17.1 Å². The molecule has 1 aromatic heterocycles. The van der Waals surface area contributed by atoms with Crippen molar-refractivity contribution >= 4 is 26.0 Å². The van der Waals surface area contributed by atoms with E-state index in [1.807, 2.05) is 4.57 Å². The topological polar surface area (TPSA) is 27.1 Å². The van der Waals surface area contributed by atoms with E-state index in [0.29, 0.717) is 6.73 Å². The van der Waals surface area contributed by atoms with Gasteiger partial charge in [0.15, 0.2) is 0 Å². The van der Waals surface area contributed by atoms with Gasteiger partial charge in [0.25, 0.3) is 0 Å². The van der Waals surface area contributed by atoms with Crippen LogP contribution in [-0.2, 0) is 11.5 Å². The summed E-state index contributed by atoms with van der Waals surface area (Å²) in [6, 6.07) is 0. The van der Waals surface area contributed by atoms with Gasteiger partial charge in [-0.25, -0.2) is 15.0 Å². The molecule has 0 saturated heterocycles. The van der Waals surface area contributed by atoms with E-state index in [4.69, 9.17) is 4.74 Å². The lowest BCUT2D eigenvalue weighted by Crippen LogP contribution is -2.09. The van der Waals surface area contributed by atoms with E-state index in [1.165, 1.54) is 0 Å². The van der Waals surface area contributed by atoms with Crippen molar-refractivity contribution in [2.45, 2.75) is 6.73 Å². The summed E-state index contributed by atoms with van der Waals surface area (Å²) in [6.07, 6.45) is 10.4. The van der Waals surface area contributed by atoms with Gasteiger partial charge in [-0.2, -0.15) is 0 Å². The number of imidazole rings is 1. The molecule has 0 aliphatic rings. The molecule has 0 aliphatic heterocycles. The van der Waals surface area contributed by atoms with Gasteiger partial charge in [-0.15, -0.1) is 0 Å². The van der Waals surface area contributed by atoms with Gasteiger partial charge >= 0.3 is 0 Å². The first-order valence-electron chi connectivity index (χ1n) is 4.38. The van der Waals surface area contributed by atoms with Crippen molar-refractivity contribution in [1.29, 1.82) is 0 Å². The fourth-order valence-corrected chi connectivity index (χ4v) is 1.80. The van der Waals surface area contributed by atoms with Crippen LogP contribution in [0.3, 0.4) is 0 Å². The maximum Gasteiger partial charge on any atom is 0.124 e. The molecule has 0 aliphatic carbocycles. The summed E-state index contributed by atoms with van der Waals surface area (Å²) >= 11 is 3.38. The van der Waals surface area contributed by atoms with E-state index >= 15 is 0 Å². The molecule has 1 heterocycles. The molecule has 14 heavy (non-hydrogen) atoms. The van der Waals surface area contributed by atoms with Crippen LogP contribution in [0.25, 0.3) is 0 Å². The predicted molar refractivity (Wildman–Crippen MR) is 66.1 cm³/mol. The van der Waals surface area contributed by atoms with Crippen molar-refractivity contribution in [1.82, 2.24) is 9.55 Å². The van der Waals surface area contributed by atoms with Crippen LogP contribution < -0.4 is 0 Å². The molecule has 3 nitrogen and oxygen atoms in total. The van der Waals surface area contributed by atoms with Crippen molar-refractivity contribution in [3.63, 3.8) is 0 Å². The third kappa shape index (κ3) is 4.48. The summed E-state index contributed by atoms with van der Waals surface area (Å²) in [5, 5.41) is 0. The molecule has 5 heteroatoms. The van der Waals surface area contributed by atoms with Gasteiger partial charge in [0.2, 0.25) is 0 Å². The molecule has 0 amide bonds. The summed E-state index contributed by atoms with van der Waals surface area (Å²) in [7, 11) is -0.437. The molecule has 0 N–H and O–H groups in total. The number of ether oxygens (including phenoxy) is 1. The summed E-state index contributed by atoms with van der Waals surface area (Å²) in [4.78, 5) is 3.99.